The van der Waals surface area contributed by atoms with Crippen LogP contribution in [0, 0.1) is 5.82 Å². The number of nitrogens with one attached hydrogen (secondary N) is 1. The van der Waals surface area contributed by atoms with E-state index in [2.05, 4.69) is 5.32 Å². The number of aromatic nitrogens is 1. The van der Waals surface area contributed by atoms with Gasteiger partial charge in [0.25, 0.3) is 0 Å². The monoisotopic (exact) mass is 446 g/mol. The van der Waals surface area contributed by atoms with Gasteiger partial charge in [0.15, 0.2) is 0 Å². The Hall–Kier alpha value is -4.13. The highest BCUT2D eigenvalue weighted by Crippen LogP contribution is 2.46. The summed E-state index contributed by atoms with van der Waals surface area (Å²) in [6.45, 7) is 3.54. The number of rotatable bonds is 5. The van der Waals surface area contributed by atoms with Gasteiger partial charge in [-0.1, -0.05) is 18.2 Å². The number of likely N-dealkylation sites (N-methyl/N-ethyl adjacent to an activating group) is 1. The molecule has 0 aliphatic heterocycles. The van der Waals surface area contributed by atoms with Crippen LogP contribution in [-0.4, -0.2) is 33.7 Å². The molecule has 1 amide bonds. The fourth-order valence-electron chi connectivity index (χ4n) is 4.25. The van der Waals surface area contributed by atoms with Gasteiger partial charge in [-0.25, -0.2) is 9.18 Å². The smallest absolute Gasteiger partial charge is 0.335 e. The third-order valence-corrected chi connectivity index (χ3v) is 5.86. The molecule has 168 valence electrons. The predicted octanol–water partition coefficient (Wildman–Crippen LogP) is 4.86. The van der Waals surface area contributed by atoms with Crippen molar-refractivity contribution >= 4 is 22.8 Å². The molecule has 7 heteroatoms. The van der Waals surface area contributed by atoms with Gasteiger partial charge in [-0.15, -0.1) is 0 Å². The number of benzene rings is 3. The lowest BCUT2D eigenvalue weighted by atomic mass is 9.83. The van der Waals surface area contributed by atoms with Gasteiger partial charge in [-0.3, -0.25) is 4.79 Å². The van der Waals surface area contributed by atoms with Gasteiger partial charge in [-0.05, 0) is 67.9 Å². The van der Waals surface area contributed by atoms with Crippen molar-refractivity contribution in [2.75, 3.05) is 7.05 Å². The lowest BCUT2D eigenvalue weighted by Gasteiger charge is -2.27. The Morgan fingerprint density at radius 2 is 1.61 bits per heavy atom. The van der Waals surface area contributed by atoms with E-state index in [9.17, 15) is 24.2 Å². The largest absolute Gasteiger partial charge is 0.507 e. The average molecular weight is 446 g/mol. The van der Waals surface area contributed by atoms with Crippen LogP contribution in [-0.2, 0) is 10.2 Å². The molecule has 3 N–H and O–H groups in total. The number of carbonyl (C=O) groups is 2. The zero-order valence-electron chi connectivity index (χ0n) is 18.4. The number of hydrogen-bond acceptors (Lipinski definition) is 3. The van der Waals surface area contributed by atoms with E-state index >= 15 is 0 Å². The second-order valence-corrected chi connectivity index (χ2v) is 8.29. The molecule has 4 aromatic rings. The van der Waals surface area contributed by atoms with Gasteiger partial charge in [0.05, 0.1) is 16.5 Å². The van der Waals surface area contributed by atoms with Crippen LogP contribution in [0.1, 0.15) is 29.9 Å². The SMILES string of the molecule is CNC(=O)C(C)(C)c1c(-c2ccc(C(=O)O)cc2)c2c(O)cccc2n1-c1ccc(F)cc1. The van der Waals surface area contributed by atoms with E-state index in [1.54, 1.807) is 57.3 Å². The maximum atomic E-state index is 13.7. The summed E-state index contributed by atoms with van der Waals surface area (Å²) >= 11 is 0. The maximum Gasteiger partial charge on any atom is 0.335 e. The minimum atomic E-state index is -1.07. The van der Waals surface area contributed by atoms with Crippen molar-refractivity contribution in [2.45, 2.75) is 19.3 Å². The molecule has 0 atom stereocenters. The van der Waals surface area contributed by atoms with Gasteiger partial charge in [0, 0.05) is 29.4 Å². The number of carbonyl (C=O) groups excluding carboxylic acids is 1. The van der Waals surface area contributed by atoms with Crippen LogP contribution in [0.4, 0.5) is 4.39 Å². The third kappa shape index (κ3) is 3.61. The highest BCUT2D eigenvalue weighted by atomic mass is 19.1. The summed E-state index contributed by atoms with van der Waals surface area (Å²) in [5.41, 5.74) is 2.11. The van der Waals surface area contributed by atoms with Gasteiger partial charge in [-0.2, -0.15) is 0 Å². The summed E-state index contributed by atoms with van der Waals surface area (Å²) in [7, 11) is 1.55. The van der Waals surface area contributed by atoms with Crippen molar-refractivity contribution in [1.29, 1.82) is 0 Å². The van der Waals surface area contributed by atoms with E-state index in [0.29, 0.717) is 33.4 Å². The summed E-state index contributed by atoms with van der Waals surface area (Å²) in [6.07, 6.45) is 0. The molecule has 0 spiro atoms. The number of amides is 1. The molecule has 33 heavy (non-hydrogen) atoms. The fourth-order valence-corrected chi connectivity index (χ4v) is 4.25. The summed E-state index contributed by atoms with van der Waals surface area (Å²) < 4.78 is 15.5. The van der Waals surface area contributed by atoms with Crippen molar-refractivity contribution in [2.24, 2.45) is 0 Å². The number of phenols is 1. The molecule has 3 aromatic carbocycles. The van der Waals surface area contributed by atoms with E-state index in [4.69, 9.17) is 0 Å². The van der Waals surface area contributed by atoms with Crippen LogP contribution in [0.25, 0.3) is 27.7 Å². The first-order valence-corrected chi connectivity index (χ1v) is 10.4. The Labute approximate surface area is 189 Å². The quantitative estimate of drug-likeness (QED) is 0.408. The van der Waals surface area contributed by atoms with Crippen molar-refractivity contribution in [1.82, 2.24) is 9.88 Å². The molecule has 4 rings (SSSR count). The molecule has 1 aromatic heterocycles. The molecule has 0 aliphatic carbocycles. The van der Waals surface area contributed by atoms with Crippen molar-refractivity contribution in [3.63, 3.8) is 0 Å². The topological polar surface area (TPSA) is 91.6 Å². The second-order valence-electron chi connectivity index (χ2n) is 8.29. The van der Waals surface area contributed by atoms with Crippen molar-refractivity contribution < 1.29 is 24.2 Å². The molecule has 0 bridgehead atoms. The third-order valence-electron chi connectivity index (χ3n) is 5.86. The van der Waals surface area contributed by atoms with Crippen molar-refractivity contribution in [3.05, 3.63) is 83.8 Å². The Balaban J connectivity index is 2.18. The molecule has 6 nitrogen and oxygen atoms in total. The highest BCUT2D eigenvalue weighted by Gasteiger charge is 2.37. The number of halogens is 1. The Morgan fingerprint density at radius 1 is 0.970 bits per heavy atom. The van der Waals surface area contributed by atoms with Crippen LogP contribution < -0.4 is 5.32 Å². The van der Waals surface area contributed by atoms with Gasteiger partial charge in [0.1, 0.15) is 11.6 Å². The molecule has 0 saturated carbocycles. The van der Waals surface area contributed by atoms with Crippen LogP contribution in [0.2, 0.25) is 0 Å². The van der Waals surface area contributed by atoms with Crippen LogP contribution in [0.15, 0.2) is 66.7 Å². The second kappa shape index (κ2) is 8.09. The number of nitrogens with zero attached hydrogens (tertiary/aromatic N) is 1. The minimum Gasteiger partial charge on any atom is -0.507 e. The summed E-state index contributed by atoms with van der Waals surface area (Å²) in [4.78, 5) is 24.4. The highest BCUT2D eigenvalue weighted by molar-refractivity contribution is 6.06. The molecule has 1 heterocycles. The van der Waals surface area contributed by atoms with E-state index in [1.807, 2.05) is 10.6 Å². The number of phenolic OH excluding ortho intramolecular Hbond substituents is 1. The summed E-state index contributed by atoms with van der Waals surface area (Å²) in [5.74, 6) is -1.69. The molecular formula is C26H23FN2O4. The lowest BCUT2D eigenvalue weighted by molar-refractivity contribution is -0.125. The van der Waals surface area contributed by atoms with Crippen molar-refractivity contribution in [3.8, 4) is 22.6 Å². The number of fused-ring (bicyclic) bond motifs is 1. The number of hydrogen-bond donors (Lipinski definition) is 3. The summed E-state index contributed by atoms with van der Waals surface area (Å²) in [6, 6.07) is 17.2. The first-order valence-electron chi connectivity index (χ1n) is 10.4. The average Bonchev–Trinajstić information content (AvgIpc) is 3.16. The van der Waals surface area contributed by atoms with E-state index < -0.39 is 17.2 Å². The first-order chi connectivity index (χ1) is 15.7. The molecule has 0 saturated heterocycles. The van der Waals surface area contributed by atoms with Crippen LogP contribution in [0.5, 0.6) is 5.75 Å². The van der Waals surface area contributed by atoms with E-state index in [1.165, 1.54) is 24.3 Å². The molecule has 0 aliphatic rings. The van der Waals surface area contributed by atoms with Gasteiger partial charge in [0.2, 0.25) is 5.91 Å². The molecule has 0 radical (unpaired) electrons. The number of carboxylic acid groups (broad SMARTS) is 1. The van der Waals surface area contributed by atoms with Crippen LogP contribution in [0.3, 0.4) is 0 Å². The van der Waals surface area contributed by atoms with Crippen LogP contribution >= 0.6 is 0 Å². The zero-order chi connectivity index (χ0) is 23.9. The maximum absolute atomic E-state index is 13.7. The predicted molar refractivity (Wildman–Crippen MR) is 124 cm³/mol. The Kier molecular flexibility index (Phi) is 5.41. The Morgan fingerprint density at radius 3 is 2.18 bits per heavy atom. The van der Waals surface area contributed by atoms with Gasteiger partial charge < -0.3 is 20.1 Å². The molecular weight excluding hydrogens is 423 g/mol. The standard InChI is InChI=1S/C26H23FN2O4/c1-26(2,25(33)28-3)23-21(15-7-9-16(10-8-15)24(31)32)22-19(5-4-6-20(22)30)29(23)18-13-11-17(27)12-14-18/h4-14,30H,1-3H3,(H,28,33)(H,31,32). The number of aromatic hydroxyl groups is 1. The normalized spacial score (nSPS) is 11.5. The molecule has 0 fully saturated rings. The fraction of sp³-hybridized carbons (Fsp3) is 0.154. The first kappa shape index (κ1) is 22.1. The van der Waals surface area contributed by atoms with E-state index in [0.717, 1.165) is 0 Å². The summed E-state index contributed by atoms with van der Waals surface area (Å²) in [5, 5.41) is 23.4. The molecule has 0 unspecified atom stereocenters. The van der Waals surface area contributed by atoms with Gasteiger partial charge >= 0.3 is 5.97 Å². The van der Waals surface area contributed by atoms with E-state index in [-0.39, 0.29) is 17.2 Å². The lowest BCUT2D eigenvalue weighted by Crippen LogP contribution is -2.39. The number of carboxylic acids is 1. The minimum absolute atomic E-state index is 0.0135. The zero-order valence-corrected chi connectivity index (χ0v) is 18.4. The Bertz CT molecular complexity index is 1370. The number of aromatic carboxylic acids is 1.